The highest BCUT2D eigenvalue weighted by molar-refractivity contribution is 14.0. The summed E-state index contributed by atoms with van der Waals surface area (Å²) >= 11 is 0. The molecule has 170 valence electrons. The van der Waals surface area contributed by atoms with Crippen LogP contribution in [0.5, 0.6) is 0 Å². The molecule has 1 fully saturated rings. The molecule has 3 aromatic rings. The number of oxazole rings is 1. The number of piperidine rings is 1. The number of nitrogens with one attached hydrogen (secondary N) is 2. The summed E-state index contributed by atoms with van der Waals surface area (Å²) in [6, 6.07) is 21.1. The Morgan fingerprint density at radius 2 is 1.75 bits per heavy atom. The molecule has 6 nitrogen and oxygen atoms in total. The van der Waals surface area contributed by atoms with Gasteiger partial charge in [0.15, 0.2) is 5.96 Å². The maximum atomic E-state index is 5.63. The molecular weight excluding hydrogens is 513 g/mol. The fourth-order valence-electron chi connectivity index (χ4n) is 3.84. The van der Waals surface area contributed by atoms with Crippen LogP contribution in [-0.4, -0.2) is 41.5 Å². The molecule has 0 atom stereocenters. The number of benzene rings is 2. The van der Waals surface area contributed by atoms with Crippen molar-refractivity contribution in [3.8, 4) is 11.5 Å². The number of hydrogen-bond acceptors (Lipinski definition) is 4. The molecule has 1 aromatic heterocycles. The van der Waals surface area contributed by atoms with Gasteiger partial charge in [-0.25, -0.2) is 9.98 Å². The third-order valence-electron chi connectivity index (χ3n) is 5.49. The van der Waals surface area contributed by atoms with E-state index in [1.807, 2.05) is 30.3 Å². The van der Waals surface area contributed by atoms with Crippen molar-refractivity contribution in [2.24, 2.45) is 4.99 Å². The first kappa shape index (κ1) is 24.3. The van der Waals surface area contributed by atoms with E-state index in [4.69, 9.17) is 9.41 Å². The maximum Gasteiger partial charge on any atom is 0.226 e. The fraction of sp³-hybridized carbons (Fsp3) is 0.360. The lowest BCUT2D eigenvalue weighted by Gasteiger charge is -2.33. The third-order valence-corrected chi connectivity index (χ3v) is 5.49. The van der Waals surface area contributed by atoms with Crippen LogP contribution >= 0.6 is 24.0 Å². The summed E-state index contributed by atoms with van der Waals surface area (Å²) in [5, 5.41) is 6.96. The standard InChI is InChI=1S/C25H31N5O.HI/c1-2-26-25(27-17-23-19-31-24(28-23)21-11-7-4-8-12-21)29-22-13-15-30(16-14-22)18-20-9-5-3-6-10-20;/h3-12,19,22H,2,13-18H2,1H3,(H2,26,27,29);1H. The summed E-state index contributed by atoms with van der Waals surface area (Å²) in [5.74, 6) is 1.47. The Morgan fingerprint density at radius 1 is 1.06 bits per heavy atom. The van der Waals surface area contributed by atoms with Crippen LogP contribution in [0.15, 0.2) is 76.3 Å². The molecule has 4 rings (SSSR count). The largest absolute Gasteiger partial charge is 0.444 e. The summed E-state index contributed by atoms with van der Waals surface area (Å²) in [5.41, 5.74) is 3.19. The van der Waals surface area contributed by atoms with Gasteiger partial charge in [-0.05, 0) is 37.5 Å². The molecule has 0 unspecified atom stereocenters. The van der Waals surface area contributed by atoms with E-state index >= 15 is 0 Å². The lowest BCUT2D eigenvalue weighted by atomic mass is 10.0. The SMILES string of the molecule is CCNC(=NCc1coc(-c2ccccc2)n1)NC1CCN(Cc2ccccc2)CC1.I. The molecular formula is C25H32IN5O. The monoisotopic (exact) mass is 545 g/mol. The topological polar surface area (TPSA) is 65.7 Å². The summed E-state index contributed by atoms with van der Waals surface area (Å²) in [4.78, 5) is 11.8. The zero-order chi connectivity index (χ0) is 21.3. The van der Waals surface area contributed by atoms with Gasteiger partial charge in [-0.3, -0.25) is 4.90 Å². The van der Waals surface area contributed by atoms with E-state index in [0.717, 1.165) is 56.2 Å². The summed E-state index contributed by atoms with van der Waals surface area (Å²) in [6.07, 6.45) is 3.91. The number of likely N-dealkylation sites (tertiary alicyclic amines) is 1. The molecule has 0 saturated carbocycles. The van der Waals surface area contributed by atoms with Gasteiger partial charge in [0.25, 0.3) is 0 Å². The first-order valence-electron chi connectivity index (χ1n) is 11.1. The van der Waals surface area contributed by atoms with Crippen molar-refractivity contribution >= 4 is 29.9 Å². The average Bonchev–Trinajstić information content (AvgIpc) is 3.29. The Labute approximate surface area is 207 Å². The van der Waals surface area contributed by atoms with Crippen LogP contribution < -0.4 is 10.6 Å². The second kappa shape index (κ2) is 12.6. The minimum atomic E-state index is 0. The number of guanidine groups is 1. The lowest BCUT2D eigenvalue weighted by Crippen LogP contribution is -2.48. The minimum Gasteiger partial charge on any atom is -0.444 e. The van der Waals surface area contributed by atoms with Crippen LogP contribution in [0, 0.1) is 0 Å². The van der Waals surface area contributed by atoms with Gasteiger partial charge in [-0.15, -0.1) is 24.0 Å². The highest BCUT2D eigenvalue weighted by Crippen LogP contribution is 2.18. The Morgan fingerprint density at radius 3 is 2.44 bits per heavy atom. The van der Waals surface area contributed by atoms with Crippen molar-refractivity contribution in [3.05, 3.63) is 78.2 Å². The van der Waals surface area contributed by atoms with Gasteiger partial charge in [0, 0.05) is 37.8 Å². The van der Waals surface area contributed by atoms with Gasteiger partial charge < -0.3 is 15.1 Å². The molecule has 0 spiro atoms. The van der Waals surface area contributed by atoms with Crippen LogP contribution in [0.4, 0.5) is 0 Å². The van der Waals surface area contributed by atoms with Crippen molar-refractivity contribution in [1.29, 1.82) is 0 Å². The number of nitrogens with zero attached hydrogens (tertiary/aromatic N) is 3. The van der Waals surface area contributed by atoms with Crippen LogP contribution in [0.2, 0.25) is 0 Å². The molecule has 0 radical (unpaired) electrons. The normalized spacial score (nSPS) is 15.2. The van der Waals surface area contributed by atoms with Crippen LogP contribution in [0.25, 0.3) is 11.5 Å². The molecule has 32 heavy (non-hydrogen) atoms. The minimum absolute atomic E-state index is 0. The molecule has 2 aromatic carbocycles. The molecule has 7 heteroatoms. The molecule has 2 heterocycles. The summed E-state index contributed by atoms with van der Waals surface area (Å²) in [7, 11) is 0. The van der Waals surface area contributed by atoms with Gasteiger partial charge in [0.05, 0.1) is 6.54 Å². The van der Waals surface area contributed by atoms with E-state index in [0.29, 0.717) is 18.5 Å². The Bertz CT molecular complexity index is 953. The summed E-state index contributed by atoms with van der Waals surface area (Å²) < 4.78 is 5.63. The van der Waals surface area contributed by atoms with Crippen LogP contribution in [0.1, 0.15) is 31.0 Å². The van der Waals surface area contributed by atoms with Crippen LogP contribution in [-0.2, 0) is 13.1 Å². The summed E-state index contributed by atoms with van der Waals surface area (Å²) in [6.45, 7) is 6.61. The van der Waals surface area contributed by atoms with Crippen molar-refractivity contribution in [3.63, 3.8) is 0 Å². The van der Waals surface area contributed by atoms with E-state index in [2.05, 4.69) is 57.8 Å². The van der Waals surface area contributed by atoms with Crippen molar-refractivity contribution < 1.29 is 4.42 Å². The molecule has 1 aliphatic heterocycles. The second-order valence-corrected chi connectivity index (χ2v) is 7.89. The second-order valence-electron chi connectivity index (χ2n) is 7.89. The highest BCUT2D eigenvalue weighted by Gasteiger charge is 2.20. The van der Waals surface area contributed by atoms with Gasteiger partial charge in [0.2, 0.25) is 5.89 Å². The third kappa shape index (κ3) is 7.06. The number of aliphatic imine (C=N–C) groups is 1. The van der Waals surface area contributed by atoms with Crippen LogP contribution in [0.3, 0.4) is 0 Å². The van der Waals surface area contributed by atoms with Crippen molar-refractivity contribution in [2.75, 3.05) is 19.6 Å². The van der Waals surface area contributed by atoms with E-state index < -0.39 is 0 Å². The molecule has 2 N–H and O–H groups in total. The maximum absolute atomic E-state index is 5.63. The molecule has 1 aliphatic rings. The number of aromatic nitrogens is 1. The quantitative estimate of drug-likeness (QED) is 0.257. The van der Waals surface area contributed by atoms with Crippen molar-refractivity contribution in [2.45, 2.75) is 38.9 Å². The predicted molar refractivity (Wildman–Crippen MR) is 140 cm³/mol. The fourth-order valence-corrected chi connectivity index (χ4v) is 3.84. The first-order chi connectivity index (χ1) is 15.3. The zero-order valence-corrected chi connectivity index (χ0v) is 20.9. The predicted octanol–water partition coefficient (Wildman–Crippen LogP) is 4.68. The van der Waals surface area contributed by atoms with Crippen molar-refractivity contribution in [1.82, 2.24) is 20.5 Å². The number of halogens is 1. The molecule has 0 aliphatic carbocycles. The lowest BCUT2D eigenvalue weighted by molar-refractivity contribution is 0.198. The smallest absolute Gasteiger partial charge is 0.226 e. The zero-order valence-electron chi connectivity index (χ0n) is 18.5. The van der Waals surface area contributed by atoms with Gasteiger partial charge in [0.1, 0.15) is 12.0 Å². The van der Waals surface area contributed by atoms with E-state index in [-0.39, 0.29) is 24.0 Å². The van der Waals surface area contributed by atoms with Gasteiger partial charge in [-0.2, -0.15) is 0 Å². The Hall–Kier alpha value is -2.39. The molecule has 0 bridgehead atoms. The van der Waals surface area contributed by atoms with Gasteiger partial charge in [-0.1, -0.05) is 48.5 Å². The molecule has 0 amide bonds. The first-order valence-corrected chi connectivity index (χ1v) is 11.1. The number of hydrogen-bond donors (Lipinski definition) is 2. The van der Waals surface area contributed by atoms with E-state index in [1.165, 1.54) is 5.56 Å². The van der Waals surface area contributed by atoms with E-state index in [1.54, 1.807) is 6.26 Å². The Balaban J connectivity index is 0.00000289. The number of rotatable bonds is 7. The average molecular weight is 545 g/mol. The highest BCUT2D eigenvalue weighted by atomic mass is 127. The van der Waals surface area contributed by atoms with E-state index in [9.17, 15) is 0 Å². The van der Waals surface area contributed by atoms with Gasteiger partial charge >= 0.3 is 0 Å². The Kier molecular flexibility index (Phi) is 9.55. The molecule has 1 saturated heterocycles.